The standard InChI is InChI=1S/C21H24ClN5O2/c1-14-7-16(8-15(2)21(14)29-4)10-26(3)11-20(28)25-18-9-17(22)5-6-19(18)27-13-23-12-24-27/h5-9,12-13H,10-11H2,1-4H3,(H,25,28). The zero-order valence-corrected chi connectivity index (χ0v) is 17.7. The number of ether oxygens (including phenoxy) is 1. The second-order valence-electron chi connectivity index (χ2n) is 6.98. The molecule has 0 unspecified atom stereocenters. The molecule has 0 fully saturated rings. The lowest BCUT2D eigenvalue weighted by atomic mass is 10.1. The van der Waals surface area contributed by atoms with Crippen LogP contribution in [0, 0.1) is 13.8 Å². The number of likely N-dealkylation sites (N-methyl/N-ethyl adjacent to an activating group) is 1. The first kappa shape index (κ1) is 20.8. The van der Waals surface area contributed by atoms with E-state index in [2.05, 4.69) is 27.5 Å². The Bertz CT molecular complexity index is 981. The number of methoxy groups -OCH3 is 1. The fourth-order valence-corrected chi connectivity index (χ4v) is 3.57. The van der Waals surface area contributed by atoms with Gasteiger partial charge >= 0.3 is 0 Å². The van der Waals surface area contributed by atoms with E-state index in [1.165, 1.54) is 6.33 Å². The second kappa shape index (κ2) is 9.07. The molecule has 0 aliphatic rings. The molecular formula is C21H24ClN5O2. The van der Waals surface area contributed by atoms with Crippen molar-refractivity contribution in [1.29, 1.82) is 0 Å². The molecule has 0 spiro atoms. The molecule has 1 N–H and O–H groups in total. The third-order valence-electron chi connectivity index (χ3n) is 4.49. The zero-order chi connectivity index (χ0) is 21.0. The molecule has 29 heavy (non-hydrogen) atoms. The highest BCUT2D eigenvalue weighted by atomic mass is 35.5. The predicted molar refractivity (Wildman–Crippen MR) is 114 cm³/mol. The molecule has 1 heterocycles. The van der Waals surface area contributed by atoms with Crippen molar-refractivity contribution in [2.75, 3.05) is 26.0 Å². The first-order chi connectivity index (χ1) is 13.9. The quantitative estimate of drug-likeness (QED) is 0.640. The molecule has 0 radical (unpaired) electrons. The molecule has 2 aromatic carbocycles. The summed E-state index contributed by atoms with van der Waals surface area (Å²) in [6, 6.07) is 9.40. The first-order valence-electron chi connectivity index (χ1n) is 9.14. The Hall–Kier alpha value is -2.90. The summed E-state index contributed by atoms with van der Waals surface area (Å²) in [7, 11) is 3.58. The summed E-state index contributed by atoms with van der Waals surface area (Å²) >= 11 is 6.11. The van der Waals surface area contributed by atoms with Gasteiger partial charge in [0.2, 0.25) is 5.91 Å². The molecule has 3 aromatic rings. The minimum Gasteiger partial charge on any atom is -0.496 e. The maximum Gasteiger partial charge on any atom is 0.238 e. The molecule has 0 saturated carbocycles. The number of nitrogens with zero attached hydrogens (tertiary/aromatic N) is 4. The lowest BCUT2D eigenvalue weighted by molar-refractivity contribution is -0.117. The van der Waals surface area contributed by atoms with E-state index < -0.39 is 0 Å². The summed E-state index contributed by atoms with van der Waals surface area (Å²) in [4.78, 5) is 18.5. The smallest absolute Gasteiger partial charge is 0.238 e. The van der Waals surface area contributed by atoms with Gasteiger partial charge in [-0.3, -0.25) is 9.69 Å². The summed E-state index contributed by atoms with van der Waals surface area (Å²) < 4.78 is 7.00. The summed E-state index contributed by atoms with van der Waals surface area (Å²) in [6.45, 7) is 4.91. The van der Waals surface area contributed by atoms with Gasteiger partial charge in [-0.05, 0) is 55.8 Å². The molecule has 0 aliphatic carbocycles. The maximum atomic E-state index is 12.6. The molecule has 0 bridgehead atoms. The number of carbonyl (C=O) groups is 1. The van der Waals surface area contributed by atoms with Crippen molar-refractivity contribution < 1.29 is 9.53 Å². The number of hydrogen-bond donors (Lipinski definition) is 1. The Labute approximate surface area is 175 Å². The van der Waals surface area contributed by atoms with Gasteiger partial charge < -0.3 is 10.1 Å². The number of benzene rings is 2. The van der Waals surface area contributed by atoms with Crippen LogP contribution in [0.25, 0.3) is 5.69 Å². The lowest BCUT2D eigenvalue weighted by Crippen LogP contribution is -2.30. The molecule has 152 valence electrons. The highest BCUT2D eigenvalue weighted by Crippen LogP contribution is 2.25. The summed E-state index contributed by atoms with van der Waals surface area (Å²) in [5.41, 5.74) is 4.57. The summed E-state index contributed by atoms with van der Waals surface area (Å²) in [6.07, 6.45) is 3.01. The lowest BCUT2D eigenvalue weighted by Gasteiger charge is -2.19. The van der Waals surface area contributed by atoms with E-state index >= 15 is 0 Å². The van der Waals surface area contributed by atoms with Gasteiger partial charge in [-0.25, -0.2) is 9.67 Å². The van der Waals surface area contributed by atoms with Crippen LogP contribution in [0.2, 0.25) is 5.02 Å². The van der Waals surface area contributed by atoms with Crippen LogP contribution in [0.4, 0.5) is 5.69 Å². The van der Waals surface area contributed by atoms with Gasteiger partial charge in [0, 0.05) is 11.6 Å². The Balaban J connectivity index is 1.68. The number of anilines is 1. The van der Waals surface area contributed by atoms with Gasteiger partial charge in [-0.1, -0.05) is 23.7 Å². The Morgan fingerprint density at radius 1 is 1.24 bits per heavy atom. The molecule has 3 rings (SSSR count). The van der Waals surface area contributed by atoms with Crippen molar-refractivity contribution in [1.82, 2.24) is 19.7 Å². The van der Waals surface area contributed by atoms with E-state index in [1.807, 2.05) is 25.8 Å². The van der Waals surface area contributed by atoms with Crippen molar-refractivity contribution in [2.24, 2.45) is 0 Å². The highest BCUT2D eigenvalue weighted by Gasteiger charge is 2.13. The average molecular weight is 414 g/mol. The van der Waals surface area contributed by atoms with E-state index in [1.54, 1.807) is 36.3 Å². The van der Waals surface area contributed by atoms with Crippen LogP contribution in [0.1, 0.15) is 16.7 Å². The second-order valence-corrected chi connectivity index (χ2v) is 7.42. The van der Waals surface area contributed by atoms with Gasteiger partial charge in [0.1, 0.15) is 18.4 Å². The van der Waals surface area contributed by atoms with E-state index in [0.29, 0.717) is 22.9 Å². The molecule has 1 amide bonds. The fourth-order valence-electron chi connectivity index (χ4n) is 3.40. The Kier molecular flexibility index (Phi) is 6.51. The Morgan fingerprint density at radius 2 is 1.97 bits per heavy atom. The number of rotatable bonds is 7. The van der Waals surface area contributed by atoms with Crippen LogP contribution in [-0.2, 0) is 11.3 Å². The van der Waals surface area contributed by atoms with E-state index in [9.17, 15) is 4.79 Å². The molecule has 8 heteroatoms. The monoisotopic (exact) mass is 413 g/mol. The molecule has 0 aliphatic heterocycles. The number of halogens is 1. The minimum absolute atomic E-state index is 0.141. The number of aryl methyl sites for hydroxylation is 2. The number of carbonyl (C=O) groups excluding carboxylic acids is 1. The molecule has 1 aromatic heterocycles. The van der Waals surface area contributed by atoms with Crippen LogP contribution in [0.3, 0.4) is 0 Å². The molecule has 0 saturated heterocycles. The number of aromatic nitrogens is 3. The molecule has 0 atom stereocenters. The van der Waals surface area contributed by atoms with Crippen molar-refractivity contribution in [3.63, 3.8) is 0 Å². The van der Waals surface area contributed by atoms with E-state index in [4.69, 9.17) is 16.3 Å². The van der Waals surface area contributed by atoms with E-state index in [-0.39, 0.29) is 12.5 Å². The predicted octanol–water partition coefficient (Wildman–Crippen LogP) is 3.62. The number of amides is 1. The summed E-state index contributed by atoms with van der Waals surface area (Å²) in [5.74, 6) is 0.758. The fraction of sp³-hybridized carbons (Fsp3) is 0.286. The van der Waals surface area contributed by atoms with Crippen molar-refractivity contribution in [2.45, 2.75) is 20.4 Å². The van der Waals surface area contributed by atoms with Crippen LogP contribution >= 0.6 is 11.6 Å². The van der Waals surface area contributed by atoms with Gasteiger partial charge in [-0.2, -0.15) is 5.10 Å². The number of nitrogens with one attached hydrogen (secondary N) is 1. The van der Waals surface area contributed by atoms with Crippen molar-refractivity contribution in [3.8, 4) is 11.4 Å². The number of hydrogen-bond acceptors (Lipinski definition) is 5. The SMILES string of the molecule is COc1c(C)cc(CN(C)CC(=O)Nc2cc(Cl)ccc2-n2cncn2)cc1C. The normalized spacial score (nSPS) is 11.0. The maximum absolute atomic E-state index is 12.6. The molecule has 7 nitrogen and oxygen atoms in total. The van der Waals surface area contributed by atoms with Gasteiger partial charge in [0.25, 0.3) is 0 Å². The van der Waals surface area contributed by atoms with E-state index in [0.717, 1.165) is 22.4 Å². The van der Waals surface area contributed by atoms with Gasteiger partial charge in [0.05, 0.1) is 25.0 Å². The van der Waals surface area contributed by atoms with Crippen LogP contribution in [-0.4, -0.2) is 46.3 Å². The Morgan fingerprint density at radius 3 is 2.59 bits per heavy atom. The summed E-state index contributed by atoms with van der Waals surface area (Å²) in [5, 5.41) is 7.57. The topological polar surface area (TPSA) is 72.3 Å². The van der Waals surface area contributed by atoms with Crippen LogP contribution in [0.15, 0.2) is 43.0 Å². The third kappa shape index (κ3) is 5.13. The van der Waals surface area contributed by atoms with Crippen LogP contribution in [0.5, 0.6) is 5.75 Å². The first-order valence-corrected chi connectivity index (χ1v) is 9.52. The van der Waals surface area contributed by atoms with Crippen LogP contribution < -0.4 is 10.1 Å². The van der Waals surface area contributed by atoms with Crippen molar-refractivity contribution in [3.05, 3.63) is 64.7 Å². The zero-order valence-electron chi connectivity index (χ0n) is 16.9. The molecular weight excluding hydrogens is 390 g/mol. The van der Waals surface area contributed by atoms with Gasteiger partial charge in [0.15, 0.2) is 0 Å². The largest absolute Gasteiger partial charge is 0.496 e. The third-order valence-corrected chi connectivity index (χ3v) is 4.72. The van der Waals surface area contributed by atoms with Gasteiger partial charge in [-0.15, -0.1) is 0 Å². The average Bonchev–Trinajstić information content (AvgIpc) is 3.15. The minimum atomic E-state index is -0.141. The highest BCUT2D eigenvalue weighted by molar-refractivity contribution is 6.31. The van der Waals surface area contributed by atoms with Crippen molar-refractivity contribution >= 4 is 23.2 Å².